The van der Waals surface area contributed by atoms with E-state index in [0.717, 1.165) is 31.5 Å². The van der Waals surface area contributed by atoms with E-state index in [4.69, 9.17) is 0 Å². The van der Waals surface area contributed by atoms with Gasteiger partial charge in [0.1, 0.15) is 6.67 Å². The van der Waals surface area contributed by atoms with Gasteiger partial charge in [0.2, 0.25) is 5.91 Å². The Labute approximate surface area is 150 Å². The summed E-state index contributed by atoms with van der Waals surface area (Å²) >= 11 is 0. The summed E-state index contributed by atoms with van der Waals surface area (Å²) in [5, 5.41) is 6.43. The Bertz CT molecular complexity index is 515. The van der Waals surface area contributed by atoms with E-state index in [1.54, 1.807) is 6.20 Å². The molecule has 0 aliphatic carbocycles. The Kier molecular flexibility index (Phi) is 10.4. The van der Waals surface area contributed by atoms with Crippen LogP contribution in [0.2, 0.25) is 0 Å². The van der Waals surface area contributed by atoms with Crippen molar-refractivity contribution in [2.45, 2.75) is 32.7 Å². The molecule has 1 saturated heterocycles. The topological polar surface area (TPSA) is 53.5 Å². The van der Waals surface area contributed by atoms with Crippen LogP contribution in [0, 0.1) is 11.8 Å². The lowest BCUT2D eigenvalue weighted by Gasteiger charge is -2.24. The minimum absolute atomic E-state index is 0.0569. The molecule has 2 unspecified atom stereocenters. The molecule has 0 aromatic carbocycles. The highest BCUT2D eigenvalue weighted by Gasteiger charge is 2.17. The van der Waals surface area contributed by atoms with E-state index in [1.165, 1.54) is 6.08 Å². The number of nitrogens with one attached hydrogen (secondary N) is 2. The average molecular weight is 347 g/mol. The van der Waals surface area contributed by atoms with Gasteiger partial charge in [0.05, 0.1) is 0 Å². The standard InChI is InChI=1S/C17H25N3O.C3H5F/c1-13(15-5-3-4-8-19-12-15)11-14(2)17(21)20-16-6-9-18-10-7-16;1-2-3-4/h3-5,8,11-13,15-16,18H,6-7,9-10H2,1-2H3,(H,20,21);2H,1,3H2/b14-11+;. The molecule has 0 saturated carbocycles. The first-order valence-electron chi connectivity index (χ1n) is 8.82. The van der Waals surface area contributed by atoms with Crippen molar-refractivity contribution in [3.05, 3.63) is 48.7 Å². The van der Waals surface area contributed by atoms with Gasteiger partial charge in [-0.25, -0.2) is 4.39 Å². The van der Waals surface area contributed by atoms with Gasteiger partial charge in [-0.3, -0.25) is 9.79 Å². The van der Waals surface area contributed by atoms with Crippen LogP contribution >= 0.6 is 0 Å². The van der Waals surface area contributed by atoms with Crippen LogP contribution < -0.4 is 10.6 Å². The highest BCUT2D eigenvalue weighted by atomic mass is 19.1. The molecule has 0 aromatic rings. The van der Waals surface area contributed by atoms with E-state index in [1.807, 2.05) is 31.4 Å². The summed E-state index contributed by atoms with van der Waals surface area (Å²) in [6.07, 6.45) is 15.0. The van der Waals surface area contributed by atoms with E-state index in [2.05, 4.69) is 35.2 Å². The number of hydrogen-bond acceptors (Lipinski definition) is 3. The maximum absolute atomic E-state index is 12.2. The summed E-state index contributed by atoms with van der Waals surface area (Å²) in [5.74, 6) is 0.548. The van der Waals surface area contributed by atoms with Gasteiger partial charge in [-0.1, -0.05) is 31.2 Å². The Morgan fingerprint density at radius 1 is 1.44 bits per heavy atom. The van der Waals surface area contributed by atoms with Crippen LogP contribution in [0.15, 0.2) is 53.7 Å². The SMILES string of the molecule is C/C(=C\C(C)C1C=CC=CN=C1)C(=O)NC1CCNCC1.C=CCF. The predicted molar refractivity (Wildman–Crippen MR) is 103 cm³/mol. The maximum atomic E-state index is 12.2. The third-order valence-electron chi connectivity index (χ3n) is 4.14. The monoisotopic (exact) mass is 347 g/mol. The van der Waals surface area contributed by atoms with Crippen molar-refractivity contribution >= 4 is 12.1 Å². The molecule has 2 aliphatic rings. The number of carbonyl (C=O) groups excluding carboxylic acids is 1. The molecule has 2 rings (SSSR count). The lowest BCUT2D eigenvalue weighted by Crippen LogP contribution is -2.43. The molecule has 1 fully saturated rings. The van der Waals surface area contributed by atoms with Crippen molar-refractivity contribution < 1.29 is 9.18 Å². The van der Waals surface area contributed by atoms with Gasteiger partial charge in [-0.15, -0.1) is 6.58 Å². The first-order valence-corrected chi connectivity index (χ1v) is 8.82. The van der Waals surface area contributed by atoms with Crippen molar-refractivity contribution in [2.75, 3.05) is 19.8 Å². The molecular weight excluding hydrogens is 317 g/mol. The lowest BCUT2D eigenvalue weighted by molar-refractivity contribution is -0.118. The highest BCUT2D eigenvalue weighted by molar-refractivity contribution is 5.93. The maximum Gasteiger partial charge on any atom is 0.246 e. The molecule has 0 bridgehead atoms. The summed E-state index contributed by atoms with van der Waals surface area (Å²) in [6, 6.07) is 0.306. The number of rotatable bonds is 5. The number of alkyl halides is 1. The Hall–Kier alpha value is -2.01. The summed E-state index contributed by atoms with van der Waals surface area (Å²) in [7, 11) is 0. The van der Waals surface area contributed by atoms with Gasteiger partial charge in [0, 0.05) is 29.9 Å². The van der Waals surface area contributed by atoms with Crippen LogP contribution in [0.1, 0.15) is 26.7 Å². The summed E-state index contributed by atoms with van der Waals surface area (Å²) in [6.45, 7) is 8.67. The van der Waals surface area contributed by atoms with Crippen molar-refractivity contribution in [2.24, 2.45) is 16.8 Å². The van der Waals surface area contributed by atoms with Gasteiger partial charge >= 0.3 is 0 Å². The number of nitrogens with zero attached hydrogens (tertiary/aromatic N) is 1. The van der Waals surface area contributed by atoms with E-state index in [0.29, 0.717) is 6.04 Å². The molecule has 0 spiro atoms. The second-order valence-corrected chi connectivity index (χ2v) is 6.25. The summed E-state index contributed by atoms with van der Waals surface area (Å²) < 4.78 is 10.6. The first-order chi connectivity index (χ1) is 12.1. The van der Waals surface area contributed by atoms with E-state index in [9.17, 15) is 9.18 Å². The Morgan fingerprint density at radius 3 is 2.76 bits per heavy atom. The van der Waals surface area contributed by atoms with Gasteiger partial charge in [0.25, 0.3) is 0 Å². The molecule has 1 amide bonds. The highest BCUT2D eigenvalue weighted by Crippen LogP contribution is 2.17. The third-order valence-corrected chi connectivity index (χ3v) is 4.14. The Balaban J connectivity index is 0.000000705. The molecular formula is C20H30FN3O. The minimum Gasteiger partial charge on any atom is -0.350 e. The molecule has 2 atom stereocenters. The van der Waals surface area contributed by atoms with Crippen molar-refractivity contribution in [3.63, 3.8) is 0 Å². The van der Waals surface area contributed by atoms with Gasteiger partial charge in [-0.2, -0.15) is 0 Å². The Morgan fingerprint density at radius 2 is 2.12 bits per heavy atom. The van der Waals surface area contributed by atoms with Crippen molar-refractivity contribution in [1.29, 1.82) is 0 Å². The largest absolute Gasteiger partial charge is 0.350 e. The number of hydrogen-bond donors (Lipinski definition) is 2. The second kappa shape index (κ2) is 12.4. The van der Waals surface area contributed by atoms with Crippen molar-refractivity contribution in [3.8, 4) is 0 Å². The molecule has 138 valence electrons. The van der Waals surface area contributed by atoms with Crippen LogP contribution in [0.3, 0.4) is 0 Å². The van der Waals surface area contributed by atoms with Crippen LogP contribution in [-0.4, -0.2) is 37.9 Å². The summed E-state index contributed by atoms with van der Waals surface area (Å²) in [5.41, 5.74) is 0.792. The summed E-state index contributed by atoms with van der Waals surface area (Å²) in [4.78, 5) is 16.4. The zero-order valence-electron chi connectivity index (χ0n) is 15.2. The molecule has 25 heavy (non-hydrogen) atoms. The molecule has 2 N–H and O–H groups in total. The fourth-order valence-electron chi connectivity index (χ4n) is 2.65. The normalized spacial score (nSPS) is 21.7. The lowest BCUT2D eigenvalue weighted by atomic mass is 9.92. The van der Waals surface area contributed by atoms with E-state index < -0.39 is 6.67 Å². The molecule has 4 nitrogen and oxygen atoms in total. The number of carbonyl (C=O) groups is 1. The van der Waals surface area contributed by atoms with E-state index >= 15 is 0 Å². The fraction of sp³-hybridized carbons (Fsp3) is 0.500. The number of aliphatic imine (C=N–C) groups is 1. The molecule has 2 aliphatic heterocycles. The predicted octanol–water partition coefficient (Wildman–Crippen LogP) is 3.35. The van der Waals surface area contributed by atoms with Gasteiger partial charge in [-0.05, 0) is 44.8 Å². The third kappa shape index (κ3) is 8.59. The smallest absolute Gasteiger partial charge is 0.246 e. The van der Waals surface area contributed by atoms with Gasteiger partial charge < -0.3 is 10.6 Å². The second-order valence-electron chi connectivity index (χ2n) is 6.25. The minimum atomic E-state index is -0.417. The zero-order chi connectivity index (χ0) is 18.5. The van der Waals surface area contributed by atoms with Crippen LogP contribution in [0.25, 0.3) is 0 Å². The molecule has 5 heteroatoms. The van der Waals surface area contributed by atoms with Crippen LogP contribution in [-0.2, 0) is 4.79 Å². The molecule has 2 heterocycles. The zero-order valence-corrected chi connectivity index (χ0v) is 15.2. The quantitative estimate of drug-likeness (QED) is 0.592. The van der Waals surface area contributed by atoms with E-state index in [-0.39, 0.29) is 17.7 Å². The van der Waals surface area contributed by atoms with Crippen LogP contribution in [0.5, 0.6) is 0 Å². The first kappa shape index (κ1) is 21.0. The van der Waals surface area contributed by atoms with Gasteiger partial charge in [0.15, 0.2) is 0 Å². The number of amides is 1. The number of piperidine rings is 1. The van der Waals surface area contributed by atoms with Crippen LogP contribution in [0.4, 0.5) is 4.39 Å². The molecule has 0 aromatic heterocycles. The molecule has 0 radical (unpaired) electrons. The fourth-order valence-corrected chi connectivity index (χ4v) is 2.65. The average Bonchev–Trinajstić information content (AvgIpc) is 2.92. The van der Waals surface area contributed by atoms with Crippen molar-refractivity contribution in [1.82, 2.24) is 10.6 Å². The number of halogens is 1. The number of allylic oxidation sites excluding steroid dienone is 5.